The van der Waals surface area contributed by atoms with Crippen LogP contribution in [0.2, 0.25) is 5.02 Å². The molecule has 0 aliphatic rings. The van der Waals surface area contributed by atoms with Gasteiger partial charge in [0.1, 0.15) is 17.4 Å². The van der Waals surface area contributed by atoms with Gasteiger partial charge in [0.05, 0.1) is 21.9 Å². The number of benzene rings is 4. The summed E-state index contributed by atoms with van der Waals surface area (Å²) in [5, 5.41) is 11.0. The SMILES string of the molecule is NC(=O)O[C@@H](Cc1ccc(OCc2ccc(-c3ccccc3)cc2)cc1)C(=O)N(c1ccc(Cl)c([N+](=O)[O-])c1)S(=O)[O-]. The molecule has 0 aliphatic carbocycles. The van der Waals surface area contributed by atoms with Crippen molar-refractivity contribution in [3.63, 3.8) is 0 Å². The molecule has 4 aromatic carbocycles. The molecular weight excluding hydrogens is 586 g/mol. The minimum absolute atomic E-state index is 0.234. The normalized spacial score (nSPS) is 12.1. The van der Waals surface area contributed by atoms with Crippen molar-refractivity contribution < 1.29 is 32.7 Å². The highest BCUT2D eigenvalue weighted by atomic mass is 35.5. The van der Waals surface area contributed by atoms with Crippen LogP contribution in [-0.2, 0) is 33.8 Å². The van der Waals surface area contributed by atoms with Gasteiger partial charge in [0.15, 0.2) is 6.10 Å². The van der Waals surface area contributed by atoms with Crippen molar-refractivity contribution in [2.45, 2.75) is 19.1 Å². The summed E-state index contributed by atoms with van der Waals surface area (Å²) < 4.78 is 35.0. The van der Waals surface area contributed by atoms with Gasteiger partial charge < -0.3 is 19.8 Å². The summed E-state index contributed by atoms with van der Waals surface area (Å²) in [5.41, 5.74) is 7.78. The molecule has 0 saturated heterocycles. The summed E-state index contributed by atoms with van der Waals surface area (Å²) in [7, 11) is 0. The number of rotatable bonds is 11. The fourth-order valence-corrected chi connectivity index (χ4v) is 4.77. The minimum Gasteiger partial charge on any atom is -0.755 e. The zero-order chi connectivity index (χ0) is 30.2. The number of hydrogen-bond acceptors (Lipinski definition) is 8. The Morgan fingerprint density at radius 2 is 1.55 bits per heavy atom. The van der Waals surface area contributed by atoms with Crippen LogP contribution in [0.3, 0.4) is 0 Å². The van der Waals surface area contributed by atoms with Crippen molar-refractivity contribution >= 4 is 46.2 Å². The monoisotopic (exact) mass is 608 g/mol. The van der Waals surface area contributed by atoms with Crippen molar-refractivity contribution in [1.29, 1.82) is 0 Å². The molecule has 0 radical (unpaired) electrons. The van der Waals surface area contributed by atoms with E-state index >= 15 is 0 Å². The highest BCUT2D eigenvalue weighted by molar-refractivity contribution is 7.81. The van der Waals surface area contributed by atoms with Crippen LogP contribution in [0.1, 0.15) is 11.1 Å². The standard InChI is InChI=1S/C29H24ClN3O8S/c30-25-15-12-23(17-26(25)33(36)37)32(42(38)39)28(34)27(41-29(31)35)16-19-8-13-24(14-9-19)40-18-20-6-10-22(11-7-20)21-4-2-1-3-5-21/h1-15,17,27H,16,18H2,(H2,31,35)(H,38,39)/p-1/t27-/m0/s1. The van der Waals surface area contributed by atoms with E-state index in [1.807, 2.05) is 54.6 Å². The molecule has 11 nitrogen and oxygen atoms in total. The summed E-state index contributed by atoms with van der Waals surface area (Å²) >= 11 is 2.57. The number of nitro groups is 1. The summed E-state index contributed by atoms with van der Waals surface area (Å²) in [6.07, 6.45) is -3.22. The Hall–Kier alpha value is -4.78. The van der Waals surface area contributed by atoms with Crippen molar-refractivity contribution in [3.05, 3.63) is 123 Å². The highest BCUT2D eigenvalue weighted by Gasteiger charge is 2.31. The maximum atomic E-state index is 13.2. The average Bonchev–Trinajstić information content (AvgIpc) is 2.97. The van der Waals surface area contributed by atoms with Gasteiger partial charge >= 0.3 is 6.09 Å². The number of nitrogens with zero attached hydrogens (tertiary/aromatic N) is 2. The van der Waals surface area contributed by atoms with Gasteiger partial charge in [-0.25, -0.2) is 9.10 Å². The van der Waals surface area contributed by atoms with Crippen molar-refractivity contribution in [2.75, 3.05) is 4.31 Å². The minimum atomic E-state index is -3.23. The lowest BCUT2D eigenvalue weighted by Gasteiger charge is -2.28. The molecule has 42 heavy (non-hydrogen) atoms. The van der Waals surface area contributed by atoms with E-state index < -0.39 is 40.0 Å². The van der Waals surface area contributed by atoms with E-state index in [4.69, 9.17) is 26.8 Å². The van der Waals surface area contributed by atoms with Crippen LogP contribution in [0.25, 0.3) is 11.1 Å². The summed E-state index contributed by atoms with van der Waals surface area (Å²) in [4.78, 5) is 35.2. The third-order valence-corrected chi connectivity index (χ3v) is 7.06. The molecular formula is C29H23ClN3O8S-. The average molecular weight is 609 g/mol. The Labute approximate surface area is 248 Å². The van der Waals surface area contributed by atoms with Gasteiger partial charge in [-0.3, -0.25) is 19.1 Å². The van der Waals surface area contributed by atoms with Crippen LogP contribution in [0.15, 0.2) is 97.1 Å². The molecule has 13 heteroatoms. The molecule has 2 N–H and O–H groups in total. The Balaban J connectivity index is 1.45. The van der Waals surface area contributed by atoms with Crippen molar-refractivity contribution in [1.82, 2.24) is 0 Å². The molecule has 0 aliphatic heterocycles. The van der Waals surface area contributed by atoms with Gasteiger partial charge in [-0.05, 0) is 46.5 Å². The molecule has 2 amide bonds. The van der Waals surface area contributed by atoms with Crippen LogP contribution < -0.4 is 14.8 Å². The number of halogens is 1. The first kappa shape index (κ1) is 30.2. The smallest absolute Gasteiger partial charge is 0.405 e. The molecule has 0 spiro atoms. The van der Waals surface area contributed by atoms with Gasteiger partial charge in [0.25, 0.3) is 11.6 Å². The molecule has 4 rings (SSSR count). The molecule has 1 unspecified atom stereocenters. The number of nitro benzene ring substituents is 1. The van der Waals surface area contributed by atoms with E-state index in [1.165, 1.54) is 0 Å². The lowest BCUT2D eigenvalue weighted by molar-refractivity contribution is -0.384. The Kier molecular flexibility index (Phi) is 9.86. The molecule has 216 valence electrons. The number of primary amides is 1. The fourth-order valence-electron chi connectivity index (χ4n) is 4.03. The van der Waals surface area contributed by atoms with Crippen molar-refractivity contribution in [2.24, 2.45) is 5.73 Å². The largest absolute Gasteiger partial charge is 0.755 e. The first-order valence-corrected chi connectivity index (χ1v) is 13.7. The number of carbonyl (C=O) groups is 2. The fraction of sp³-hybridized carbons (Fsp3) is 0.103. The third-order valence-electron chi connectivity index (χ3n) is 6.06. The number of hydrogen-bond donors (Lipinski definition) is 1. The predicted molar refractivity (Wildman–Crippen MR) is 155 cm³/mol. The zero-order valence-electron chi connectivity index (χ0n) is 21.8. The Bertz CT molecular complexity index is 1600. The van der Waals surface area contributed by atoms with Crippen LogP contribution >= 0.6 is 11.6 Å². The van der Waals surface area contributed by atoms with E-state index in [2.05, 4.69) is 0 Å². The first-order valence-electron chi connectivity index (χ1n) is 12.3. The molecule has 0 fully saturated rings. The third kappa shape index (κ3) is 7.69. The molecule has 2 atom stereocenters. The van der Waals surface area contributed by atoms with Crippen LogP contribution in [-0.4, -0.2) is 31.8 Å². The molecule has 0 saturated carbocycles. The quantitative estimate of drug-likeness (QED) is 0.135. The molecule has 0 aromatic heterocycles. The number of ether oxygens (including phenoxy) is 2. The molecule has 0 bridgehead atoms. The second-order valence-electron chi connectivity index (χ2n) is 8.87. The first-order chi connectivity index (χ1) is 20.1. The van der Waals surface area contributed by atoms with E-state index in [0.717, 1.165) is 34.9 Å². The van der Waals surface area contributed by atoms with E-state index in [0.29, 0.717) is 17.9 Å². The lowest BCUT2D eigenvalue weighted by atomic mass is 10.0. The maximum absolute atomic E-state index is 13.2. The number of carbonyl (C=O) groups excluding carboxylic acids is 2. The topological polar surface area (TPSA) is 165 Å². The zero-order valence-corrected chi connectivity index (χ0v) is 23.3. The number of nitrogens with two attached hydrogens (primary N) is 1. The van der Waals surface area contributed by atoms with Gasteiger partial charge in [-0.1, -0.05) is 78.3 Å². The molecule has 4 aromatic rings. The number of anilines is 1. The van der Waals surface area contributed by atoms with Crippen LogP contribution in [0.4, 0.5) is 16.2 Å². The highest BCUT2D eigenvalue weighted by Crippen LogP contribution is 2.31. The summed E-state index contributed by atoms with van der Waals surface area (Å²) in [6, 6.07) is 27.4. The van der Waals surface area contributed by atoms with Gasteiger partial charge in [-0.2, -0.15) is 0 Å². The van der Waals surface area contributed by atoms with E-state index in [9.17, 15) is 28.5 Å². The van der Waals surface area contributed by atoms with Crippen LogP contribution in [0, 0.1) is 10.1 Å². The maximum Gasteiger partial charge on any atom is 0.405 e. The Morgan fingerprint density at radius 1 is 0.929 bits per heavy atom. The molecule has 0 heterocycles. The van der Waals surface area contributed by atoms with Gasteiger partial charge in [-0.15, -0.1) is 0 Å². The van der Waals surface area contributed by atoms with Crippen molar-refractivity contribution in [3.8, 4) is 16.9 Å². The Morgan fingerprint density at radius 3 is 2.14 bits per heavy atom. The summed E-state index contributed by atoms with van der Waals surface area (Å²) in [5.74, 6) is -0.668. The van der Waals surface area contributed by atoms with Gasteiger partial charge in [0, 0.05) is 12.5 Å². The second-order valence-corrected chi connectivity index (χ2v) is 10.1. The van der Waals surface area contributed by atoms with Gasteiger partial charge in [0.2, 0.25) is 0 Å². The predicted octanol–water partition coefficient (Wildman–Crippen LogP) is 5.33. The second kappa shape index (κ2) is 13.7. The van der Waals surface area contributed by atoms with E-state index in [1.54, 1.807) is 24.3 Å². The number of amides is 2. The van der Waals surface area contributed by atoms with Crippen LogP contribution in [0.5, 0.6) is 5.75 Å². The lowest BCUT2D eigenvalue weighted by Crippen LogP contribution is -2.44. The van der Waals surface area contributed by atoms with E-state index in [-0.39, 0.29) is 21.4 Å². The summed E-state index contributed by atoms with van der Waals surface area (Å²) in [6.45, 7) is 0.303.